The molecule has 204 valence electrons. The Kier molecular flexibility index (Phi) is 8.06. The minimum atomic E-state index is -1.33. The van der Waals surface area contributed by atoms with Gasteiger partial charge >= 0.3 is 0 Å². The number of ketones is 1. The molecule has 5 nitrogen and oxygen atoms in total. The number of fused-ring (bicyclic) bond motifs is 1. The summed E-state index contributed by atoms with van der Waals surface area (Å²) in [5, 5.41) is 12.4. The predicted molar refractivity (Wildman–Crippen MR) is 161 cm³/mol. The summed E-state index contributed by atoms with van der Waals surface area (Å²) < 4.78 is 11.5. The van der Waals surface area contributed by atoms with Crippen molar-refractivity contribution < 1.29 is 19.4 Å². The summed E-state index contributed by atoms with van der Waals surface area (Å²) in [6, 6.07) is 30.6. The van der Waals surface area contributed by atoms with Gasteiger partial charge in [0.05, 0.1) is 12.7 Å². The van der Waals surface area contributed by atoms with Gasteiger partial charge in [0.2, 0.25) is 0 Å². The van der Waals surface area contributed by atoms with E-state index in [1.165, 1.54) is 0 Å². The number of carbonyl (C=O) groups excluding carboxylic acids is 1. The van der Waals surface area contributed by atoms with Crippen LogP contribution in [0.25, 0.3) is 22.0 Å². The minimum absolute atomic E-state index is 0.253. The fourth-order valence-corrected chi connectivity index (χ4v) is 5.21. The maximum atomic E-state index is 13.3. The molecule has 0 amide bonds. The molecule has 1 unspecified atom stereocenters. The first-order valence-electron chi connectivity index (χ1n) is 13.9. The molecule has 6 rings (SSSR count). The zero-order valence-electron chi connectivity index (χ0n) is 22.7. The molecule has 5 heteroatoms. The molecule has 0 spiro atoms. The van der Waals surface area contributed by atoms with E-state index in [-0.39, 0.29) is 11.9 Å². The van der Waals surface area contributed by atoms with E-state index >= 15 is 0 Å². The fourth-order valence-electron chi connectivity index (χ4n) is 5.21. The van der Waals surface area contributed by atoms with Gasteiger partial charge in [0.1, 0.15) is 6.10 Å². The van der Waals surface area contributed by atoms with Crippen LogP contribution in [-0.4, -0.2) is 35.2 Å². The van der Waals surface area contributed by atoms with Crippen molar-refractivity contribution in [1.29, 1.82) is 0 Å². The van der Waals surface area contributed by atoms with Gasteiger partial charge in [-0.15, -0.1) is 0 Å². The smallest absolute Gasteiger partial charge is 0.195 e. The van der Waals surface area contributed by atoms with Crippen LogP contribution in [0.15, 0.2) is 103 Å². The maximum Gasteiger partial charge on any atom is 0.195 e. The number of hydrogen-bond acceptors (Lipinski definition) is 4. The molecule has 0 aliphatic carbocycles. The Hall–Kier alpha value is -4.47. The Morgan fingerprint density at radius 2 is 1.73 bits per heavy atom. The molecule has 5 aromatic rings. The highest BCUT2D eigenvalue weighted by molar-refractivity contribution is 6.01. The average molecular weight is 542 g/mol. The van der Waals surface area contributed by atoms with Crippen molar-refractivity contribution in [2.45, 2.75) is 31.7 Å². The van der Waals surface area contributed by atoms with Gasteiger partial charge in [-0.1, -0.05) is 78.6 Å². The monoisotopic (exact) mass is 541 g/mol. The second-order valence-corrected chi connectivity index (χ2v) is 10.3. The Labute approximate surface area is 239 Å². The van der Waals surface area contributed by atoms with Crippen molar-refractivity contribution in [3.05, 3.63) is 131 Å². The summed E-state index contributed by atoms with van der Waals surface area (Å²) in [4.78, 5) is 16.5. The van der Waals surface area contributed by atoms with Crippen LogP contribution < -0.4 is 0 Å². The van der Waals surface area contributed by atoms with Crippen LogP contribution in [0.4, 0.5) is 0 Å². The third-order valence-electron chi connectivity index (χ3n) is 7.49. The average Bonchev–Trinajstić information content (AvgIpc) is 3.51. The van der Waals surface area contributed by atoms with E-state index in [1.54, 1.807) is 30.3 Å². The molecule has 4 aromatic carbocycles. The predicted octanol–water partition coefficient (Wildman–Crippen LogP) is 6.85. The number of aromatic amines is 1. The van der Waals surface area contributed by atoms with Gasteiger partial charge in [-0.3, -0.25) is 4.79 Å². The van der Waals surface area contributed by atoms with Crippen LogP contribution in [-0.2, 0) is 16.1 Å². The van der Waals surface area contributed by atoms with E-state index in [0.29, 0.717) is 17.7 Å². The lowest BCUT2D eigenvalue weighted by molar-refractivity contribution is -0.0390. The van der Waals surface area contributed by atoms with Gasteiger partial charge in [0, 0.05) is 47.2 Å². The number of rotatable bonds is 7. The summed E-state index contributed by atoms with van der Waals surface area (Å²) in [7, 11) is 0. The Morgan fingerprint density at radius 3 is 2.54 bits per heavy atom. The normalized spacial score (nSPS) is 14.4. The van der Waals surface area contributed by atoms with Gasteiger partial charge in [0.25, 0.3) is 0 Å². The van der Waals surface area contributed by atoms with Crippen molar-refractivity contribution in [3.63, 3.8) is 0 Å². The number of hydrogen-bond donors (Lipinski definition) is 2. The molecule has 1 atom stereocenters. The van der Waals surface area contributed by atoms with Crippen molar-refractivity contribution >= 4 is 16.7 Å². The number of aliphatic hydroxyl groups excluding tert-OH is 1. The van der Waals surface area contributed by atoms with E-state index in [9.17, 15) is 9.90 Å². The Morgan fingerprint density at radius 1 is 0.927 bits per heavy atom. The largest absolute Gasteiger partial charge is 0.381 e. The number of aliphatic hydroxyl groups is 1. The zero-order valence-corrected chi connectivity index (χ0v) is 22.7. The van der Waals surface area contributed by atoms with Gasteiger partial charge in [0.15, 0.2) is 5.78 Å². The Balaban J connectivity index is 1.32. The van der Waals surface area contributed by atoms with Crippen molar-refractivity contribution in [3.8, 4) is 23.0 Å². The summed E-state index contributed by atoms with van der Waals surface area (Å²) in [6.07, 6.45) is 2.69. The van der Waals surface area contributed by atoms with E-state index in [0.717, 1.165) is 64.8 Å². The quantitative estimate of drug-likeness (QED) is 0.175. The molecule has 1 saturated heterocycles. The van der Waals surface area contributed by atoms with Crippen LogP contribution in [0, 0.1) is 11.8 Å². The third kappa shape index (κ3) is 6.16. The second-order valence-electron chi connectivity index (χ2n) is 10.3. The number of nitrogens with one attached hydrogen (secondary N) is 1. The van der Waals surface area contributed by atoms with Gasteiger partial charge in [-0.05, 0) is 65.3 Å². The SMILES string of the molecule is O=C(c1ccccc1)C(O)c1cccc(C#Cc2ccc(COC3CCOCC3)cc2)c1-c1ccc2cc[nH]c2c1. The zero-order chi connectivity index (χ0) is 28.0. The van der Waals surface area contributed by atoms with Crippen LogP contribution in [0.5, 0.6) is 0 Å². The summed E-state index contributed by atoms with van der Waals surface area (Å²) in [6.45, 7) is 2.09. The molecule has 1 aromatic heterocycles. The number of aromatic nitrogens is 1. The molecule has 41 heavy (non-hydrogen) atoms. The second kappa shape index (κ2) is 12.4. The van der Waals surface area contributed by atoms with Crippen LogP contribution >= 0.6 is 0 Å². The first-order chi connectivity index (χ1) is 20.2. The minimum Gasteiger partial charge on any atom is -0.381 e. The van der Waals surface area contributed by atoms with Crippen LogP contribution in [0.1, 0.15) is 51.6 Å². The highest BCUT2D eigenvalue weighted by atomic mass is 16.5. The first kappa shape index (κ1) is 26.7. The van der Waals surface area contributed by atoms with Gasteiger partial charge in [-0.2, -0.15) is 0 Å². The molecule has 0 saturated carbocycles. The van der Waals surface area contributed by atoms with Crippen molar-refractivity contribution in [2.24, 2.45) is 0 Å². The topological polar surface area (TPSA) is 71.6 Å². The molecule has 1 aliphatic rings. The fraction of sp³-hybridized carbons (Fsp3) is 0.194. The highest BCUT2D eigenvalue weighted by Crippen LogP contribution is 2.34. The molecule has 0 bridgehead atoms. The van der Waals surface area contributed by atoms with E-state index < -0.39 is 6.10 Å². The van der Waals surface area contributed by atoms with E-state index in [4.69, 9.17) is 9.47 Å². The standard InChI is InChI=1S/C36H31NO4/c38-35(29-5-2-1-3-6-29)36(39)32-8-4-7-28(34(32)30-16-15-27-17-20-37-33(27)23-30)14-13-25-9-11-26(12-10-25)24-41-31-18-21-40-22-19-31/h1-12,15-17,20,23,31,36-37,39H,18-19,21-22,24H2. The van der Waals surface area contributed by atoms with E-state index in [2.05, 4.69) is 16.8 Å². The maximum absolute atomic E-state index is 13.3. The lowest BCUT2D eigenvalue weighted by Crippen LogP contribution is -2.23. The van der Waals surface area contributed by atoms with Crippen LogP contribution in [0.2, 0.25) is 0 Å². The molecule has 2 heterocycles. The van der Waals surface area contributed by atoms with Crippen LogP contribution in [0.3, 0.4) is 0 Å². The highest BCUT2D eigenvalue weighted by Gasteiger charge is 2.24. The molecule has 1 fully saturated rings. The number of carbonyl (C=O) groups is 1. The summed E-state index contributed by atoms with van der Waals surface area (Å²) >= 11 is 0. The van der Waals surface area contributed by atoms with Gasteiger partial charge < -0.3 is 19.6 Å². The molecular formula is C36H31NO4. The number of Topliss-reactive ketones (excluding diaryl/α,β-unsaturated/α-hetero) is 1. The summed E-state index contributed by atoms with van der Waals surface area (Å²) in [5.41, 5.74) is 6.29. The molecular weight excluding hydrogens is 510 g/mol. The number of H-pyrrole nitrogens is 1. The van der Waals surface area contributed by atoms with Crippen molar-refractivity contribution in [2.75, 3.05) is 13.2 Å². The van der Waals surface area contributed by atoms with E-state index in [1.807, 2.05) is 72.9 Å². The molecule has 0 radical (unpaired) electrons. The first-order valence-corrected chi connectivity index (χ1v) is 13.9. The Bertz CT molecular complexity index is 1700. The summed E-state index contributed by atoms with van der Waals surface area (Å²) in [5.74, 6) is 6.25. The lowest BCUT2D eigenvalue weighted by atomic mass is 9.88. The van der Waals surface area contributed by atoms with Gasteiger partial charge in [-0.25, -0.2) is 0 Å². The van der Waals surface area contributed by atoms with Crippen molar-refractivity contribution in [1.82, 2.24) is 4.98 Å². The molecule has 2 N–H and O–H groups in total. The lowest BCUT2D eigenvalue weighted by Gasteiger charge is -2.22. The number of ether oxygens (including phenoxy) is 2. The third-order valence-corrected chi connectivity index (χ3v) is 7.49. The molecule has 1 aliphatic heterocycles. The number of benzene rings is 4.